The Hall–Kier alpha value is -5.80. The Balaban J connectivity index is 0.687. The molecule has 1 atom stereocenters. The van der Waals surface area contributed by atoms with Crippen LogP contribution in [-0.2, 0) is 32.3 Å². The Morgan fingerprint density at radius 3 is 2.47 bits per heavy atom. The van der Waals surface area contributed by atoms with Gasteiger partial charge in [-0.1, -0.05) is 42.1 Å². The van der Waals surface area contributed by atoms with Crippen LogP contribution >= 0.6 is 11.8 Å². The lowest BCUT2D eigenvalue weighted by molar-refractivity contribution is -0.137. The molecule has 1 saturated carbocycles. The summed E-state index contributed by atoms with van der Waals surface area (Å²) in [6, 6.07) is 21.0. The summed E-state index contributed by atoms with van der Waals surface area (Å²) in [5, 5.41) is 9.27. The number of unbranched alkanes of at least 4 members (excludes halogenated alkanes) is 2. The summed E-state index contributed by atoms with van der Waals surface area (Å²) >= 11 is 1.51. The van der Waals surface area contributed by atoms with Crippen molar-refractivity contribution in [2.24, 2.45) is 11.7 Å². The third-order valence-corrected chi connectivity index (χ3v) is 13.9. The predicted octanol–water partition coefficient (Wildman–Crippen LogP) is 6.87. The number of hydrogen-bond donors (Lipinski definition) is 4. The van der Waals surface area contributed by atoms with Crippen LogP contribution in [0.1, 0.15) is 117 Å². The van der Waals surface area contributed by atoms with Crippen LogP contribution in [0.3, 0.4) is 0 Å². The van der Waals surface area contributed by atoms with Gasteiger partial charge < -0.3 is 30.9 Å². The zero-order chi connectivity index (χ0) is 44.6. The van der Waals surface area contributed by atoms with Crippen LogP contribution in [0.4, 0.5) is 11.5 Å². The van der Waals surface area contributed by atoms with E-state index >= 15 is 0 Å². The monoisotopic (exact) mass is 886 g/mol. The molecule has 4 heterocycles. The summed E-state index contributed by atoms with van der Waals surface area (Å²) < 4.78 is 6.02. The molecule has 5 amide bonds. The molecule has 3 aromatic carbocycles. The average molecular weight is 887 g/mol. The standard InChI is InChI=1S/C49H58N8O6S/c1-49(50)21-23-56(24-22-49)42-29-52-45(30-51-42)64-39-7-5-6-37(27-39)54-43(58)8-3-2-4-25-63-38-16-14-34(15-17-38)33-10-12-35(13-11-33)46(60)53-28-32-9-18-40-36(26-32)31-57(48(40)62)41-19-20-44(59)55-47(41)61/h5-7,9,14-18,26-27,29-30,33,35,41H,2-4,8,10-13,19-25,28,31,50H2,1H3,(H,53,60)(H,54,58)(H,55,59,61). The molecule has 5 N–H and O–H groups in total. The molecule has 0 radical (unpaired) electrons. The summed E-state index contributed by atoms with van der Waals surface area (Å²) in [5.41, 5.74) is 10.5. The molecule has 1 aromatic heterocycles. The molecule has 0 bridgehead atoms. The van der Waals surface area contributed by atoms with Gasteiger partial charge in [-0.15, -0.1) is 0 Å². The van der Waals surface area contributed by atoms with Gasteiger partial charge in [0.15, 0.2) is 0 Å². The first-order valence-corrected chi connectivity index (χ1v) is 23.5. The van der Waals surface area contributed by atoms with E-state index in [-0.39, 0.29) is 41.5 Å². The van der Waals surface area contributed by atoms with Crippen molar-refractivity contribution in [1.29, 1.82) is 0 Å². The van der Waals surface area contributed by atoms with Crippen LogP contribution < -0.4 is 31.3 Å². The number of amides is 5. The van der Waals surface area contributed by atoms with Gasteiger partial charge in [0.1, 0.15) is 22.6 Å². The molecule has 4 aliphatic rings. The van der Waals surface area contributed by atoms with Crippen molar-refractivity contribution in [1.82, 2.24) is 25.5 Å². The average Bonchev–Trinajstić information content (AvgIpc) is 3.62. The lowest BCUT2D eigenvalue weighted by Gasteiger charge is -2.37. The first kappa shape index (κ1) is 44.8. The summed E-state index contributed by atoms with van der Waals surface area (Å²) in [4.78, 5) is 76.9. The van der Waals surface area contributed by atoms with E-state index in [2.05, 4.69) is 49.9 Å². The molecule has 8 rings (SSSR count). The fraction of sp³-hybridized carbons (Fsp3) is 0.449. The molecule has 3 fully saturated rings. The molecule has 64 heavy (non-hydrogen) atoms. The van der Waals surface area contributed by atoms with Gasteiger partial charge in [0.2, 0.25) is 23.6 Å². The maximum absolute atomic E-state index is 13.2. The minimum atomic E-state index is -0.651. The lowest BCUT2D eigenvalue weighted by Crippen LogP contribution is -2.52. The number of carbonyl (C=O) groups is 5. The quantitative estimate of drug-likeness (QED) is 0.0679. The smallest absolute Gasteiger partial charge is 0.255 e. The SMILES string of the molecule is CC1(N)CCN(c2cnc(Sc3cccc(NC(=O)CCCCCOc4ccc(C5CCC(C(=O)NCc6ccc7c(c6)CN(C6CCC(=O)NC6=O)C7=O)CC5)cc4)c3)cn2)CC1. The highest BCUT2D eigenvalue weighted by Crippen LogP contribution is 2.37. The van der Waals surface area contributed by atoms with E-state index in [0.29, 0.717) is 44.0 Å². The number of nitrogens with two attached hydrogens (primary N) is 1. The molecule has 1 aliphatic carbocycles. The van der Waals surface area contributed by atoms with Crippen LogP contribution in [-0.4, -0.2) is 75.7 Å². The van der Waals surface area contributed by atoms with Crippen molar-refractivity contribution < 1.29 is 28.7 Å². The lowest BCUT2D eigenvalue weighted by atomic mass is 9.78. The Morgan fingerprint density at radius 1 is 0.922 bits per heavy atom. The van der Waals surface area contributed by atoms with Crippen LogP contribution in [0.25, 0.3) is 0 Å². The molecule has 4 aromatic rings. The topological polar surface area (TPSA) is 189 Å². The van der Waals surface area contributed by atoms with Crippen LogP contribution in [0, 0.1) is 5.92 Å². The Morgan fingerprint density at radius 2 is 1.72 bits per heavy atom. The largest absolute Gasteiger partial charge is 0.494 e. The van der Waals surface area contributed by atoms with Crippen molar-refractivity contribution in [3.05, 3.63) is 101 Å². The molecular formula is C49H58N8O6S. The van der Waals surface area contributed by atoms with E-state index in [1.54, 1.807) is 12.3 Å². The molecule has 15 heteroatoms. The van der Waals surface area contributed by atoms with E-state index < -0.39 is 11.9 Å². The van der Waals surface area contributed by atoms with Crippen molar-refractivity contribution in [2.45, 2.75) is 124 Å². The Bertz CT molecular complexity index is 2320. The fourth-order valence-corrected chi connectivity index (χ4v) is 9.89. The number of benzene rings is 3. The summed E-state index contributed by atoms with van der Waals surface area (Å²) in [7, 11) is 0. The number of nitrogens with one attached hydrogen (secondary N) is 3. The Labute approximate surface area is 378 Å². The van der Waals surface area contributed by atoms with Gasteiger partial charge in [-0.2, -0.15) is 0 Å². The maximum atomic E-state index is 13.2. The van der Waals surface area contributed by atoms with E-state index in [9.17, 15) is 24.0 Å². The van der Waals surface area contributed by atoms with E-state index in [0.717, 1.165) is 109 Å². The maximum Gasteiger partial charge on any atom is 0.255 e. The zero-order valence-corrected chi connectivity index (χ0v) is 37.3. The zero-order valence-electron chi connectivity index (χ0n) is 36.5. The van der Waals surface area contributed by atoms with Gasteiger partial charge in [-0.05, 0) is 130 Å². The molecule has 1 unspecified atom stereocenters. The van der Waals surface area contributed by atoms with Gasteiger partial charge in [-0.3, -0.25) is 29.3 Å². The molecule has 336 valence electrons. The van der Waals surface area contributed by atoms with Gasteiger partial charge in [0, 0.05) is 66.6 Å². The fourth-order valence-electron chi connectivity index (χ4n) is 9.10. The highest BCUT2D eigenvalue weighted by molar-refractivity contribution is 7.99. The highest BCUT2D eigenvalue weighted by atomic mass is 32.2. The minimum absolute atomic E-state index is 0.00927. The molecular weight excluding hydrogens is 829 g/mol. The van der Waals surface area contributed by atoms with Crippen molar-refractivity contribution in [3.8, 4) is 5.75 Å². The Kier molecular flexibility index (Phi) is 14.2. The number of carbonyl (C=O) groups excluding carboxylic acids is 5. The van der Waals surface area contributed by atoms with Crippen LogP contribution in [0.5, 0.6) is 5.75 Å². The summed E-state index contributed by atoms with van der Waals surface area (Å²) in [5.74, 6) is 1.15. The second kappa shape index (κ2) is 20.4. The van der Waals surface area contributed by atoms with Gasteiger partial charge in [0.25, 0.3) is 5.91 Å². The highest BCUT2D eigenvalue weighted by Gasteiger charge is 2.39. The van der Waals surface area contributed by atoms with Gasteiger partial charge >= 0.3 is 0 Å². The number of fused-ring (bicyclic) bond motifs is 1. The first-order chi connectivity index (χ1) is 31.0. The first-order valence-electron chi connectivity index (χ1n) is 22.7. The van der Waals surface area contributed by atoms with Gasteiger partial charge in [0.05, 0.1) is 19.0 Å². The van der Waals surface area contributed by atoms with E-state index in [4.69, 9.17) is 10.5 Å². The summed E-state index contributed by atoms with van der Waals surface area (Å²) in [6.45, 7) is 5.12. The van der Waals surface area contributed by atoms with Crippen molar-refractivity contribution in [2.75, 3.05) is 29.9 Å². The third kappa shape index (κ3) is 11.5. The van der Waals surface area contributed by atoms with Gasteiger partial charge in [-0.25, -0.2) is 9.97 Å². The second-order valence-corrected chi connectivity index (χ2v) is 19.0. The van der Waals surface area contributed by atoms with Crippen molar-refractivity contribution in [3.63, 3.8) is 0 Å². The molecule has 14 nitrogen and oxygen atoms in total. The number of rotatable bonds is 16. The van der Waals surface area contributed by atoms with Crippen LogP contribution in [0.2, 0.25) is 0 Å². The number of nitrogens with zero attached hydrogens (tertiary/aromatic N) is 4. The molecule has 0 spiro atoms. The van der Waals surface area contributed by atoms with Crippen molar-refractivity contribution >= 4 is 52.8 Å². The number of ether oxygens (including phenoxy) is 1. The third-order valence-electron chi connectivity index (χ3n) is 13.0. The van der Waals surface area contributed by atoms with Crippen LogP contribution in [0.15, 0.2) is 89.0 Å². The number of piperidine rings is 2. The molecule has 3 aliphatic heterocycles. The number of imide groups is 1. The normalized spacial score (nSPS) is 20.7. The molecule has 2 saturated heterocycles. The van der Waals surface area contributed by atoms with E-state index in [1.807, 2.05) is 54.7 Å². The second-order valence-electron chi connectivity index (χ2n) is 17.9. The minimum Gasteiger partial charge on any atom is -0.494 e. The summed E-state index contributed by atoms with van der Waals surface area (Å²) in [6.07, 6.45) is 12.5. The number of hydrogen-bond acceptors (Lipinski definition) is 11. The van der Waals surface area contributed by atoms with E-state index in [1.165, 1.54) is 22.2 Å². The predicted molar refractivity (Wildman–Crippen MR) is 245 cm³/mol. The number of anilines is 2. The number of aromatic nitrogens is 2.